The Morgan fingerprint density at radius 3 is 2.56 bits per heavy atom. The average molecular weight is 373 g/mol. The number of carbonyl (C=O) groups is 1. The smallest absolute Gasteiger partial charge is 0.222 e. The van der Waals surface area contributed by atoms with Crippen LogP contribution in [0.3, 0.4) is 0 Å². The zero-order valence-electron chi connectivity index (χ0n) is 11.4. The van der Waals surface area contributed by atoms with Crippen molar-refractivity contribution in [2.75, 3.05) is 37.4 Å². The maximum atomic E-state index is 11.3. The molecule has 5 nitrogen and oxygen atoms in total. The van der Waals surface area contributed by atoms with Gasteiger partial charge in [0.15, 0.2) is 6.29 Å². The number of rotatable bonds is 11. The van der Waals surface area contributed by atoms with Gasteiger partial charge in [0.25, 0.3) is 0 Å². The van der Waals surface area contributed by atoms with Crippen LogP contribution in [0.1, 0.15) is 20.8 Å². The van der Waals surface area contributed by atoms with Crippen LogP contribution < -0.4 is 5.32 Å². The molecule has 1 N–H and O–H groups in total. The lowest BCUT2D eigenvalue weighted by molar-refractivity contribution is -0.166. The number of ether oxygens (including phenoxy) is 3. The van der Waals surface area contributed by atoms with Crippen molar-refractivity contribution >= 4 is 28.5 Å². The Kier molecular flexibility index (Phi) is 12.2. The molecule has 0 heterocycles. The van der Waals surface area contributed by atoms with E-state index in [9.17, 15) is 4.79 Å². The Hall–Kier alpha value is 0.0800. The molecule has 0 saturated carbocycles. The van der Waals surface area contributed by atoms with E-state index >= 15 is 0 Å². The lowest BCUT2D eigenvalue weighted by atomic mass is 10.2. The van der Waals surface area contributed by atoms with Crippen molar-refractivity contribution in [3.8, 4) is 0 Å². The van der Waals surface area contributed by atoms with Gasteiger partial charge in [-0.15, -0.1) is 0 Å². The fourth-order valence-electron chi connectivity index (χ4n) is 1.14. The molecular weight excluding hydrogens is 349 g/mol. The van der Waals surface area contributed by atoms with Crippen molar-refractivity contribution in [2.24, 2.45) is 5.92 Å². The Morgan fingerprint density at radius 2 is 2.00 bits per heavy atom. The third-order valence-electron chi connectivity index (χ3n) is 2.06. The first kappa shape index (κ1) is 18.1. The molecule has 0 aliphatic carbocycles. The molecule has 0 radical (unpaired) electrons. The van der Waals surface area contributed by atoms with Crippen molar-refractivity contribution in [1.82, 2.24) is 5.32 Å². The number of hydrogen-bond donors (Lipinski definition) is 1. The van der Waals surface area contributed by atoms with Crippen molar-refractivity contribution in [3.05, 3.63) is 0 Å². The predicted molar refractivity (Wildman–Crippen MR) is 78.9 cm³/mol. The monoisotopic (exact) mass is 373 g/mol. The average Bonchev–Trinajstić information content (AvgIpc) is 2.34. The summed E-state index contributed by atoms with van der Waals surface area (Å²) in [6.45, 7) is 8.26. The SMILES string of the molecule is CCOC(COCCNC(=O)C(C)C)OCCI. The lowest BCUT2D eigenvalue weighted by Gasteiger charge is -2.17. The summed E-state index contributed by atoms with van der Waals surface area (Å²) in [7, 11) is 0. The molecule has 6 heteroatoms. The molecule has 1 atom stereocenters. The third-order valence-corrected chi connectivity index (χ3v) is 2.50. The van der Waals surface area contributed by atoms with Crippen molar-refractivity contribution in [3.63, 3.8) is 0 Å². The highest BCUT2D eigenvalue weighted by Crippen LogP contribution is 1.98. The van der Waals surface area contributed by atoms with Crippen LogP contribution in [0, 0.1) is 5.92 Å². The number of carbonyl (C=O) groups excluding carboxylic acids is 1. The van der Waals surface area contributed by atoms with Gasteiger partial charge >= 0.3 is 0 Å². The number of nitrogens with one attached hydrogen (secondary N) is 1. The molecule has 0 aromatic rings. The van der Waals surface area contributed by atoms with Crippen molar-refractivity contribution in [2.45, 2.75) is 27.1 Å². The highest BCUT2D eigenvalue weighted by molar-refractivity contribution is 14.1. The minimum atomic E-state index is -0.314. The summed E-state index contributed by atoms with van der Waals surface area (Å²) < 4.78 is 17.2. The highest BCUT2D eigenvalue weighted by atomic mass is 127. The topological polar surface area (TPSA) is 56.8 Å². The van der Waals surface area contributed by atoms with Gasteiger partial charge in [0, 0.05) is 23.5 Å². The molecule has 0 aliphatic heterocycles. The predicted octanol–water partition coefficient (Wildman–Crippen LogP) is 1.59. The molecule has 0 rings (SSSR count). The van der Waals surface area contributed by atoms with E-state index in [2.05, 4.69) is 27.9 Å². The first-order chi connectivity index (χ1) is 8.61. The van der Waals surface area contributed by atoms with Crippen molar-refractivity contribution in [1.29, 1.82) is 0 Å². The van der Waals surface area contributed by atoms with Crippen LogP contribution in [0.25, 0.3) is 0 Å². The van der Waals surface area contributed by atoms with Gasteiger partial charge in [-0.25, -0.2) is 0 Å². The van der Waals surface area contributed by atoms with Crippen LogP contribution in [-0.4, -0.2) is 49.6 Å². The van der Waals surface area contributed by atoms with Gasteiger partial charge in [-0.3, -0.25) is 4.79 Å². The fraction of sp³-hybridized carbons (Fsp3) is 0.917. The molecule has 0 fully saturated rings. The van der Waals surface area contributed by atoms with E-state index in [1.165, 1.54) is 0 Å². The van der Waals surface area contributed by atoms with Crippen molar-refractivity contribution < 1.29 is 19.0 Å². The van der Waals surface area contributed by atoms with E-state index in [0.29, 0.717) is 33.0 Å². The van der Waals surface area contributed by atoms with E-state index in [1.54, 1.807) is 0 Å². The molecule has 1 unspecified atom stereocenters. The summed E-state index contributed by atoms with van der Waals surface area (Å²) in [5, 5.41) is 2.78. The number of amides is 1. The quantitative estimate of drug-likeness (QED) is 0.259. The molecule has 0 aromatic heterocycles. The molecule has 0 aliphatic rings. The molecule has 0 saturated heterocycles. The number of hydrogen-bond acceptors (Lipinski definition) is 4. The molecule has 18 heavy (non-hydrogen) atoms. The van der Waals surface area contributed by atoms with E-state index in [-0.39, 0.29) is 18.1 Å². The zero-order chi connectivity index (χ0) is 13.8. The lowest BCUT2D eigenvalue weighted by Crippen LogP contribution is -2.32. The van der Waals surface area contributed by atoms with Gasteiger partial charge < -0.3 is 19.5 Å². The molecule has 0 spiro atoms. The molecule has 108 valence electrons. The fourth-order valence-corrected chi connectivity index (χ4v) is 1.39. The van der Waals surface area contributed by atoms with E-state index in [1.807, 2.05) is 20.8 Å². The van der Waals surface area contributed by atoms with Crippen LogP contribution in [0.5, 0.6) is 0 Å². The van der Waals surface area contributed by atoms with Gasteiger partial charge in [-0.2, -0.15) is 0 Å². The summed E-state index contributed by atoms with van der Waals surface area (Å²) in [6, 6.07) is 0. The second kappa shape index (κ2) is 12.1. The van der Waals surface area contributed by atoms with Crippen LogP contribution in [0.2, 0.25) is 0 Å². The van der Waals surface area contributed by atoms with Crippen LogP contribution in [0.4, 0.5) is 0 Å². The van der Waals surface area contributed by atoms with Crippen LogP contribution in [0.15, 0.2) is 0 Å². The normalized spacial score (nSPS) is 12.7. The molecular formula is C12H24INO4. The van der Waals surface area contributed by atoms with Gasteiger partial charge in [0.05, 0.1) is 19.8 Å². The maximum Gasteiger partial charge on any atom is 0.222 e. The van der Waals surface area contributed by atoms with E-state index < -0.39 is 0 Å². The Balaban J connectivity index is 3.56. The summed E-state index contributed by atoms with van der Waals surface area (Å²) >= 11 is 2.24. The number of halogens is 1. The first-order valence-corrected chi connectivity index (χ1v) is 7.79. The van der Waals surface area contributed by atoms with E-state index in [4.69, 9.17) is 14.2 Å². The molecule has 0 bridgehead atoms. The summed E-state index contributed by atoms with van der Waals surface area (Å²) in [6.07, 6.45) is -0.314. The van der Waals surface area contributed by atoms with Gasteiger partial charge in [-0.1, -0.05) is 36.4 Å². The summed E-state index contributed by atoms with van der Waals surface area (Å²) in [5.41, 5.74) is 0. The van der Waals surface area contributed by atoms with Gasteiger partial charge in [0.2, 0.25) is 5.91 Å². The second-order valence-electron chi connectivity index (χ2n) is 3.97. The minimum Gasteiger partial charge on any atom is -0.374 e. The standard InChI is InChI=1S/C12H24INO4/c1-4-17-11(18-7-5-13)9-16-8-6-14-12(15)10(2)3/h10-11H,4-9H2,1-3H3,(H,14,15). The van der Waals surface area contributed by atoms with E-state index in [0.717, 1.165) is 4.43 Å². The maximum absolute atomic E-state index is 11.3. The minimum absolute atomic E-state index is 0.00756. The largest absolute Gasteiger partial charge is 0.374 e. The molecule has 0 aromatic carbocycles. The first-order valence-electron chi connectivity index (χ1n) is 6.26. The summed E-state index contributed by atoms with van der Waals surface area (Å²) in [4.78, 5) is 11.3. The van der Waals surface area contributed by atoms with Gasteiger partial charge in [-0.05, 0) is 6.92 Å². The molecule has 1 amide bonds. The third kappa shape index (κ3) is 10.0. The summed E-state index contributed by atoms with van der Waals surface area (Å²) in [5.74, 6) is 0.0503. The van der Waals surface area contributed by atoms with Crippen LogP contribution in [-0.2, 0) is 19.0 Å². The highest BCUT2D eigenvalue weighted by Gasteiger charge is 2.09. The van der Waals surface area contributed by atoms with Gasteiger partial charge in [0.1, 0.15) is 0 Å². The second-order valence-corrected chi connectivity index (χ2v) is 5.04. The Labute approximate surface area is 123 Å². The zero-order valence-corrected chi connectivity index (χ0v) is 13.6. The van der Waals surface area contributed by atoms with Crippen LogP contribution >= 0.6 is 22.6 Å². The Morgan fingerprint density at radius 1 is 1.28 bits per heavy atom. The Bertz CT molecular complexity index is 214. The number of alkyl halides is 1.